The van der Waals surface area contributed by atoms with Gasteiger partial charge in [0.2, 0.25) is 0 Å². The van der Waals surface area contributed by atoms with E-state index in [0.717, 1.165) is 0 Å². The van der Waals surface area contributed by atoms with Gasteiger partial charge in [-0.15, -0.1) is 0 Å². The molecule has 0 aliphatic rings. The second kappa shape index (κ2) is 87.4. The van der Waals surface area contributed by atoms with E-state index < -0.39 is 0 Å². The van der Waals surface area contributed by atoms with Gasteiger partial charge < -0.3 is 9.59 Å². The van der Waals surface area contributed by atoms with Gasteiger partial charge in [0.25, 0.3) is 0 Å². The quantitative estimate of drug-likeness (QED) is 0.335. The molecule has 0 heterocycles. The molecule has 0 spiro atoms. The van der Waals surface area contributed by atoms with Crippen LogP contribution in [0, 0.1) is 0 Å². The largest absolute Gasteiger partial charge is 2.00 e. The molecule has 0 aromatic carbocycles. The summed E-state index contributed by atoms with van der Waals surface area (Å²) in [5.74, 6) is 0. The first-order chi connectivity index (χ1) is 2.41. The first-order valence-electron chi connectivity index (χ1n) is 0.940. The Balaban J connectivity index is -0.00000000567. The zero-order valence-electron chi connectivity index (χ0n) is 3.95. The van der Waals surface area contributed by atoms with E-state index in [1.54, 1.807) is 0 Å². The normalized spacial score (nSPS) is 2.12. The Labute approximate surface area is 87.4 Å². The third kappa shape index (κ3) is 190. The van der Waals surface area contributed by atoms with Crippen molar-refractivity contribution in [3.8, 4) is 0 Å². The average Bonchev–Trinajstić information content (AvgIpc) is 1.46. The fourth-order valence-corrected chi connectivity index (χ4v) is 0. The Morgan fingerprint density at radius 2 is 1.25 bits per heavy atom. The van der Waals surface area contributed by atoms with Crippen molar-refractivity contribution in [1.29, 1.82) is 0 Å². The second-order valence-corrected chi connectivity index (χ2v) is 0.204. The van der Waals surface area contributed by atoms with Crippen molar-refractivity contribution in [2.24, 2.45) is 0 Å². The van der Waals surface area contributed by atoms with Crippen LogP contribution in [0.25, 0.3) is 0 Å². The van der Waals surface area contributed by atoms with E-state index in [9.17, 15) is 0 Å². The molecule has 0 bridgehead atoms. The summed E-state index contributed by atoms with van der Waals surface area (Å²) in [5.41, 5.74) is 0. The van der Waals surface area contributed by atoms with Gasteiger partial charge in [-0.05, 0) is 0 Å². The number of rotatable bonds is 0. The standard InChI is InChI=1S/C2H3O.CHO.3Ru/c1-2-3;1-2;;;/h1H3;1H;;;/q2*-1;;;+2. The first kappa shape index (κ1) is 35.0. The van der Waals surface area contributed by atoms with Crippen molar-refractivity contribution in [3.05, 3.63) is 0 Å². The van der Waals surface area contributed by atoms with Crippen molar-refractivity contribution in [2.45, 2.75) is 6.92 Å². The van der Waals surface area contributed by atoms with Crippen LogP contribution in [0.2, 0.25) is 0 Å². The molecule has 0 rings (SSSR count). The Morgan fingerprint density at radius 3 is 1.25 bits per heavy atom. The maximum Gasteiger partial charge on any atom is 2.00 e. The van der Waals surface area contributed by atoms with Crippen LogP contribution in [-0.4, -0.2) is 13.1 Å². The van der Waals surface area contributed by atoms with Gasteiger partial charge in [-0.1, -0.05) is 0 Å². The van der Waals surface area contributed by atoms with Gasteiger partial charge in [0, 0.05) is 39.0 Å². The molecule has 0 saturated carbocycles. The summed E-state index contributed by atoms with van der Waals surface area (Å²) in [5, 5.41) is 0. The molecule has 0 fully saturated rings. The maximum atomic E-state index is 8.68. The molecule has 2 nitrogen and oxygen atoms in total. The van der Waals surface area contributed by atoms with E-state index in [0.29, 0.717) is 0 Å². The average molecular weight is 375 g/mol. The zero-order valence-corrected chi connectivity index (χ0v) is 9.17. The molecular formula is C3H4O2Ru3. The molecular weight excluding hydrogens is 371 g/mol. The molecule has 0 aromatic rings. The Morgan fingerprint density at radius 1 is 1.25 bits per heavy atom. The smallest absolute Gasteiger partial charge is 0.545 e. The topological polar surface area (TPSA) is 34.1 Å². The van der Waals surface area contributed by atoms with Crippen molar-refractivity contribution in [1.82, 2.24) is 0 Å². The summed E-state index contributed by atoms with van der Waals surface area (Å²) in [7, 11) is 0. The molecule has 0 aliphatic heterocycles. The predicted octanol–water partition coefficient (Wildman–Crippen LogP) is -0.166. The maximum absolute atomic E-state index is 8.68. The third-order valence-electron chi connectivity index (χ3n) is 0. The van der Waals surface area contributed by atoms with E-state index in [2.05, 4.69) is 6.79 Å². The van der Waals surface area contributed by atoms with Crippen LogP contribution >= 0.6 is 0 Å². The summed E-state index contributed by atoms with van der Waals surface area (Å²) in [4.78, 5) is 16.4. The summed E-state index contributed by atoms with van der Waals surface area (Å²) in [6.07, 6.45) is 1.50. The third-order valence-corrected chi connectivity index (χ3v) is 0. The van der Waals surface area contributed by atoms with Gasteiger partial charge >= 0.3 is 19.5 Å². The SMILES string of the molecule is C[C-]=O.[CH-]=O.[Ru+2].[Ru].[Ru]. The molecule has 0 aliphatic carbocycles. The van der Waals surface area contributed by atoms with E-state index in [-0.39, 0.29) is 58.4 Å². The molecule has 0 N–H and O–H groups in total. The monoisotopic (exact) mass is 378 g/mol. The minimum Gasteiger partial charge on any atom is -0.545 e. The predicted molar refractivity (Wildman–Crippen MR) is 18.1 cm³/mol. The van der Waals surface area contributed by atoms with Gasteiger partial charge in [0.1, 0.15) is 0 Å². The Kier molecular flexibility index (Phi) is 383. The van der Waals surface area contributed by atoms with Crippen LogP contribution in [0.1, 0.15) is 6.92 Å². The van der Waals surface area contributed by atoms with Gasteiger partial charge in [-0.2, -0.15) is 6.92 Å². The molecule has 8 heavy (non-hydrogen) atoms. The molecule has 0 unspecified atom stereocenters. The Hall–Kier alpha value is 1.21. The Bertz CT molecular complexity index is 26.5. The number of carbonyl (C=O) groups excluding carboxylic acids is 2. The zero-order chi connectivity index (χ0) is 4.71. The summed E-state index contributed by atoms with van der Waals surface area (Å²) < 4.78 is 0. The molecule has 0 atom stereocenters. The first-order valence-corrected chi connectivity index (χ1v) is 0.940. The van der Waals surface area contributed by atoms with Crippen molar-refractivity contribution in [2.75, 3.05) is 0 Å². The van der Waals surface area contributed by atoms with E-state index in [4.69, 9.17) is 9.59 Å². The van der Waals surface area contributed by atoms with Crippen LogP contribution in [0.3, 0.4) is 0 Å². The van der Waals surface area contributed by atoms with Gasteiger partial charge in [-0.25, -0.2) is 0 Å². The van der Waals surface area contributed by atoms with Crippen molar-refractivity contribution < 1.29 is 68.0 Å². The van der Waals surface area contributed by atoms with Gasteiger partial charge in [0.15, 0.2) is 0 Å². The van der Waals surface area contributed by atoms with E-state index in [1.807, 2.05) is 0 Å². The number of hydrogen-bond acceptors (Lipinski definition) is 2. The van der Waals surface area contributed by atoms with Crippen LogP contribution in [0.4, 0.5) is 0 Å². The van der Waals surface area contributed by atoms with Gasteiger partial charge in [0.05, 0.1) is 0 Å². The molecule has 0 aromatic heterocycles. The van der Waals surface area contributed by atoms with Crippen LogP contribution in [0.5, 0.6) is 0 Å². The van der Waals surface area contributed by atoms with Gasteiger partial charge in [-0.3, -0.25) is 13.1 Å². The fourth-order valence-electron chi connectivity index (χ4n) is 0. The summed E-state index contributed by atoms with van der Waals surface area (Å²) in [6.45, 7) is 4.57. The number of hydrogen-bond donors (Lipinski definition) is 0. The second-order valence-electron chi connectivity index (χ2n) is 0.204. The minimum absolute atomic E-state index is 0. The van der Waals surface area contributed by atoms with Crippen LogP contribution in [-0.2, 0) is 68.0 Å². The molecule has 5 heteroatoms. The van der Waals surface area contributed by atoms with E-state index in [1.165, 1.54) is 13.2 Å². The molecule has 0 amide bonds. The van der Waals surface area contributed by atoms with Crippen molar-refractivity contribution >= 4 is 13.1 Å². The molecule has 52 valence electrons. The minimum atomic E-state index is 0. The fraction of sp³-hybridized carbons (Fsp3) is 0.333. The van der Waals surface area contributed by atoms with Crippen molar-refractivity contribution in [3.63, 3.8) is 0 Å². The summed E-state index contributed by atoms with van der Waals surface area (Å²) >= 11 is 0. The molecule has 0 radical (unpaired) electrons. The summed E-state index contributed by atoms with van der Waals surface area (Å²) in [6, 6.07) is 0. The van der Waals surface area contributed by atoms with E-state index >= 15 is 0 Å². The molecule has 0 saturated heterocycles. The van der Waals surface area contributed by atoms with Crippen LogP contribution in [0.15, 0.2) is 0 Å². The van der Waals surface area contributed by atoms with Crippen LogP contribution < -0.4 is 0 Å².